The van der Waals surface area contributed by atoms with Crippen molar-refractivity contribution in [1.29, 1.82) is 0 Å². The largest absolute Gasteiger partial charge is 0.313 e. The zero-order valence-electron chi connectivity index (χ0n) is 12.2. The number of hydrogen-bond acceptors (Lipinski definition) is 1. The number of nitrogens with one attached hydrogen (secondary N) is 1. The molecular formula is C17H24FN. The van der Waals surface area contributed by atoms with E-state index in [9.17, 15) is 4.39 Å². The van der Waals surface area contributed by atoms with Gasteiger partial charge in [-0.05, 0) is 66.3 Å². The molecule has 0 heterocycles. The van der Waals surface area contributed by atoms with E-state index in [0.717, 1.165) is 13.0 Å². The van der Waals surface area contributed by atoms with Crippen LogP contribution < -0.4 is 5.32 Å². The first-order valence-corrected chi connectivity index (χ1v) is 7.63. The summed E-state index contributed by atoms with van der Waals surface area (Å²) in [5.74, 6) is 1.21. The standard InChI is InChI=1S/C17H24FN/c1-4-8-19-16-14-10-11-9-12(18)6-7-13(11)15(14)17(16,3)5-2/h6-7,9,14-16,19H,4-5,8,10H2,1-3H3. The van der Waals surface area contributed by atoms with Gasteiger partial charge in [-0.1, -0.05) is 26.8 Å². The highest BCUT2D eigenvalue weighted by Crippen LogP contribution is 2.63. The zero-order chi connectivity index (χ0) is 13.6. The van der Waals surface area contributed by atoms with Gasteiger partial charge in [-0.2, -0.15) is 0 Å². The van der Waals surface area contributed by atoms with Crippen LogP contribution in [-0.2, 0) is 6.42 Å². The van der Waals surface area contributed by atoms with Gasteiger partial charge in [-0.3, -0.25) is 0 Å². The Morgan fingerprint density at radius 1 is 1.37 bits per heavy atom. The van der Waals surface area contributed by atoms with Gasteiger partial charge >= 0.3 is 0 Å². The summed E-state index contributed by atoms with van der Waals surface area (Å²) in [5.41, 5.74) is 2.99. The van der Waals surface area contributed by atoms with E-state index in [4.69, 9.17) is 0 Å². The molecule has 1 saturated carbocycles. The number of rotatable bonds is 4. The molecule has 1 fully saturated rings. The van der Waals surface area contributed by atoms with Crippen molar-refractivity contribution in [2.75, 3.05) is 6.54 Å². The quantitative estimate of drug-likeness (QED) is 0.867. The lowest BCUT2D eigenvalue weighted by Crippen LogP contribution is -2.62. The summed E-state index contributed by atoms with van der Waals surface area (Å²) >= 11 is 0. The lowest BCUT2D eigenvalue weighted by Gasteiger charge is -2.58. The lowest BCUT2D eigenvalue weighted by atomic mass is 9.50. The van der Waals surface area contributed by atoms with Crippen molar-refractivity contribution in [3.63, 3.8) is 0 Å². The van der Waals surface area contributed by atoms with Crippen LogP contribution in [0.3, 0.4) is 0 Å². The van der Waals surface area contributed by atoms with E-state index in [1.54, 1.807) is 12.1 Å². The van der Waals surface area contributed by atoms with Crippen molar-refractivity contribution < 1.29 is 4.39 Å². The SMILES string of the molecule is CCCNC1C2Cc3cc(F)ccc3C2C1(C)CC. The smallest absolute Gasteiger partial charge is 0.123 e. The molecule has 0 aromatic heterocycles. The molecule has 2 heteroatoms. The first-order valence-electron chi connectivity index (χ1n) is 7.63. The molecule has 2 aliphatic carbocycles. The van der Waals surface area contributed by atoms with Crippen LogP contribution in [0.15, 0.2) is 18.2 Å². The first-order chi connectivity index (χ1) is 9.11. The van der Waals surface area contributed by atoms with Crippen LogP contribution in [0.5, 0.6) is 0 Å². The Morgan fingerprint density at radius 2 is 2.16 bits per heavy atom. The molecule has 19 heavy (non-hydrogen) atoms. The van der Waals surface area contributed by atoms with Gasteiger partial charge in [-0.25, -0.2) is 4.39 Å². The van der Waals surface area contributed by atoms with Gasteiger partial charge < -0.3 is 5.32 Å². The average molecular weight is 261 g/mol. The second-order valence-corrected chi connectivity index (χ2v) is 6.48. The third-order valence-electron chi connectivity index (χ3n) is 5.55. The molecule has 3 rings (SSSR count). The summed E-state index contributed by atoms with van der Waals surface area (Å²) in [6.07, 6.45) is 3.41. The fraction of sp³-hybridized carbons (Fsp3) is 0.647. The molecule has 2 aliphatic rings. The highest BCUT2D eigenvalue weighted by Gasteiger charge is 2.60. The maximum absolute atomic E-state index is 13.4. The molecule has 1 nitrogen and oxygen atoms in total. The van der Waals surface area contributed by atoms with Crippen molar-refractivity contribution in [2.45, 2.75) is 52.0 Å². The molecule has 1 aromatic carbocycles. The van der Waals surface area contributed by atoms with Crippen molar-refractivity contribution in [3.05, 3.63) is 35.1 Å². The summed E-state index contributed by atoms with van der Waals surface area (Å²) in [7, 11) is 0. The van der Waals surface area contributed by atoms with Crippen molar-refractivity contribution in [2.24, 2.45) is 11.3 Å². The van der Waals surface area contributed by atoms with Crippen LogP contribution >= 0.6 is 0 Å². The van der Waals surface area contributed by atoms with E-state index in [2.05, 4.69) is 26.1 Å². The Hall–Kier alpha value is -0.890. The topological polar surface area (TPSA) is 12.0 Å². The van der Waals surface area contributed by atoms with E-state index in [1.807, 2.05) is 6.07 Å². The Labute approximate surface area is 115 Å². The molecule has 104 valence electrons. The van der Waals surface area contributed by atoms with Gasteiger partial charge in [0.05, 0.1) is 0 Å². The second-order valence-electron chi connectivity index (χ2n) is 6.48. The Morgan fingerprint density at radius 3 is 2.84 bits per heavy atom. The van der Waals surface area contributed by atoms with Crippen LogP contribution in [0.4, 0.5) is 4.39 Å². The maximum Gasteiger partial charge on any atom is 0.123 e. The van der Waals surface area contributed by atoms with Gasteiger partial charge in [-0.15, -0.1) is 0 Å². The van der Waals surface area contributed by atoms with Crippen LogP contribution in [0, 0.1) is 17.2 Å². The van der Waals surface area contributed by atoms with Gasteiger partial charge in [0.15, 0.2) is 0 Å². The third kappa shape index (κ3) is 1.76. The maximum atomic E-state index is 13.4. The molecule has 1 aromatic rings. The molecule has 0 saturated heterocycles. The fourth-order valence-electron chi connectivity index (χ4n) is 4.50. The van der Waals surface area contributed by atoms with Crippen molar-refractivity contribution in [3.8, 4) is 0 Å². The molecule has 0 spiro atoms. The van der Waals surface area contributed by atoms with E-state index in [1.165, 1.54) is 24.0 Å². The lowest BCUT2D eigenvalue weighted by molar-refractivity contribution is -0.0179. The summed E-state index contributed by atoms with van der Waals surface area (Å²) in [6.45, 7) is 8.00. The van der Waals surface area contributed by atoms with Gasteiger partial charge in [0.2, 0.25) is 0 Å². The molecule has 4 atom stereocenters. The van der Waals surface area contributed by atoms with Gasteiger partial charge in [0.25, 0.3) is 0 Å². The molecule has 0 amide bonds. The van der Waals surface area contributed by atoms with E-state index < -0.39 is 0 Å². The minimum absolute atomic E-state index is 0.0867. The predicted octanol–water partition coefficient (Wildman–Crippen LogP) is 3.88. The van der Waals surface area contributed by atoms with Crippen molar-refractivity contribution >= 4 is 0 Å². The molecule has 0 bridgehead atoms. The fourth-order valence-corrected chi connectivity index (χ4v) is 4.50. The summed E-state index contributed by atoms with van der Waals surface area (Å²) in [6, 6.07) is 6.00. The van der Waals surface area contributed by atoms with E-state index >= 15 is 0 Å². The molecule has 4 unspecified atom stereocenters. The average Bonchev–Trinajstić information content (AvgIpc) is 2.73. The van der Waals surface area contributed by atoms with E-state index in [-0.39, 0.29) is 5.82 Å². The van der Waals surface area contributed by atoms with Crippen LogP contribution in [0.2, 0.25) is 0 Å². The highest BCUT2D eigenvalue weighted by atomic mass is 19.1. The first kappa shape index (κ1) is 13.1. The zero-order valence-corrected chi connectivity index (χ0v) is 12.2. The minimum Gasteiger partial charge on any atom is -0.313 e. The predicted molar refractivity (Wildman–Crippen MR) is 76.8 cm³/mol. The Bertz CT molecular complexity index is 484. The number of fused-ring (bicyclic) bond motifs is 3. The molecule has 1 N–H and O–H groups in total. The molecule has 0 aliphatic heterocycles. The second kappa shape index (κ2) is 4.59. The highest BCUT2D eigenvalue weighted by molar-refractivity contribution is 5.43. The number of benzene rings is 1. The Balaban J connectivity index is 1.90. The number of halogens is 1. The molecule has 0 radical (unpaired) electrons. The summed E-state index contributed by atoms with van der Waals surface area (Å²) in [5, 5.41) is 3.74. The monoisotopic (exact) mass is 261 g/mol. The Kier molecular flexibility index (Phi) is 3.17. The summed E-state index contributed by atoms with van der Waals surface area (Å²) in [4.78, 5) is 0. The van der Waals surface area contributed by atoms with Crippen LogP contribution in [0.1, 0.15) is 50.7 Å². The third-order valence-corrected chi connectivity index (χ3v) is 5.55. The minimum atomic E-state index is -0.0867. The number of hydrogen-bond donors (Lipinski definition) is 1. The normalized spacial score (nSPS) is 35.7. The van der Waals surface area contributed by atoms with E-state index in [0.29, 0.717) is 23.3 Å². The molecular weight excluding hydrogens is 237 g/mol. The van der Waals surface area contributed by atoms with Crippen LogP contribution in [-0.4, -0.2) is 12.6 Å². The van der Waals surface area contributed by atoms with Gasteiger partial charge in [0.1, 0.15) is 5.82 Å². The van der Waals surface area contributed by atoms with Gasteiger partial charge in [0, 0.05) is 6.04 Å². The van der Waals surface area contributed by atoms with Crippen LogP contribution in [0.25, 0.3) is 0 Å². The summed E-state index contributed by atoms with van der Waals surface area (Å²) < 4.78 is 13.4. The van der Waals surface area contributed by atoms with Crippen molar-refractivity contribution in [1.82, 2.24) is 5.32 Å².